The lowest BCUT2D eigenvalue weighted by atomic mass is 10.3. The molecule has 1 amide bonds. The number of imidazole rings is 1. The number of amides is 1. The van der Waals surface area contributed by atoms with Crippen molar-refractivity contribution in [3.05, 3.63) is 31.3 Å². The van der Waals surface area contributed by atoms with E-state index in [0.717, 1.165) is 4.57 Å². The standard InChI is InChI=1S/C17H21N9O4/c1-3-4-6-25-12-13(20-15(25)23-8-10-24(11-9-23)17(29)30)22(2)16(28)26(14(12)27)7-5-19-21-18/h5-11H2,1-2H3,(H,29,30). The molecular weight excluding hydrogens is 394 g/mol. The number of aromatic nitrogens is 4. The Morgan fingerprint density at radius 3 is 2.57 bits per heavy atom. The molecule has 13 nitrogen and oxygen atoms in total. The fourth-order valence-electron chi connectivity index (χ4n) is 3.39. The van der Waals surface area contributed by atoms with E-state index in [1.165, 1.54) is 16.5 Å². The maximum Gasteiger partial charge on any atom is 0.407 e. The number of anilines is 1. The third-order valence-electron chi connectivity index (χ3n) is 4.95. The monoisotopic (exact) mass is 415 g/mol. The molecular formula is C17H21N9O4. The van der Waals surface area contributed by atoms with Crippen molar-refractivity contribution >= 4 is 23.2 Å². The Kier molecular flexibility index (Phi) is 5.98. The molecule has 13 heteroatoms. The van der Waals surface area contributed by atoms with Crippen LogP contribution in [0.1, 0.15) is 6.92 Å². The van der Waals surface area contributed by atoms with E-state index >= 15 is 0 Å². The fraction of sp³-hybridized carbons (Fsp3) is 0.529. The summed E-state index contributed by atoms with van der Waals surface area (Å²) >= 11 is 0. The van der Waals surface area contributed by atoms with E-state index in [9.17, 15) is 14.4 Å². The maximum atomic E-state index is 13.1. The Morgan fingerprint density at radius 1 is 1.27 bits per heavy atom. The van der Waals surface area contributed by atoms with E-state index in [-0.39, 0.29) is 30.8 Å². The lowest BCUT2D eigenvalue weighted by Crippen LogP contribution is -2.49. The topological polar surface area (TPSA) is 154 Å². The number of fused-ring (bicyclic) bond motifs is 1. The highest BCUT2D eigenvalue weighted by Gasteiger charge is 2.27. The number of rotatable bonds is 5. The first-order valence-electron chi connectivity index (χ1n) is 9.24. The molecule has 3 heterocycles. The van der Waals surface area contributed by atoms with Gasteiger partial charge in [-0.25, -0.2) is 9.59 Å². The first kappa shape index (κ1) is 20.8. The number of aryl methyl sites for hydroxylation is 1. The molecule has 0 radical (unpaired) electrons. The number of nitrogens with zero attached hydrogens (tertiary/aromatic N) is 9. The van der Waals surface area contributed by atoms with Crippen LogP contribution in [0.5, 0.6) is 0 Å². The van der Waals surface area contributed by atoms with Crippen molar-refractivity contribution in [3.63, 3.8) is 0 Å². The van der Waals surface area contributed by atoms with E-state index in [1.54, 1.807) is 11.5 Å². The van der Waals surface area contributed by atoms with Crippen molar-refractivity contribution in [2.45, 2.75) is 20.0 Å². The van der Waals surface area contributed by atoms with E-state index in [4.69, 9.17) is 10.6 Å². The smallest absolute Gasteiger partial charge is 0.407 e. The lowest BCUT2D eigenvalue weighted by Gasteiger charge is -2.33. The van der Waals surface area contributed by atoms with Gasteiger partial charge >= 0.3 is 11.8 Å². The molecule has 3 rings (SSSR count). The van der Waals surface area contributed by atoms with E-state index in [0.29, 0.717) is 32.1 Å². The van der Waals surface area contributed by atoms with Gasteiger partial charge in [0.25, 0.3) is 5.56 Å². The quantitative estimate of drug-likeness (QED) is 0.314. The Hall–Kier alpha value is -3.91. The molecule has 0 unspecified atom stereocenters. The number of hydrogen-bond donors (Lipinski definition) is 1. The Morgan fingerprint density at radius 2 is 1.97 bits per heavy atom. The molecule has 0 atom stereocenters. The van der Waals surface area contributed by atoms with Gasteiger partial charge in [0, 0.05) is 51.2 Å². The van der Waals surface area contributed by atoms with Gasteiger partial charge in [0.15, 0.2) is 11.2 Å². The maximum absolute atomic E-state index is 13.1. The molecule has 1 N–H and O–H groups in total. The molecule has 0 spiro atoms. The fourth-order valence-corrected chi connectivity index (χ4v) is 3.39. The minimum absolute atomic E-state index is 0.0376. The van der Waals surface area contributed by atoms with E-state index in [2.05, 4.69) is 26.9 Å². The predicted molar refractivity (Wildman–Crippen MR) is 109 cm³/mol. The number of carbonyl (C=O) groups is 1. The molecule has 1 fully saturated rings. The van der Waals surface area contributed by atoms with Crippen LogP contribution in [0.25, 0.3) is 21.6 Å². The van der Waals surface area contributed by atoms with Gasteiger partial charge in [0.1, 0.15) is 0 Å². The van der Waals surface area contributed by atoms with Crippen LogP contribution in [0.15, 0.2) is 14.7 Å². The van der Waals surface area contributed by atoms with E-state index in [1.807, 2.05) is 4.90 Å². The van der Waals surface area contributed by atoms with Crippen molar-refractivity contribution in [1.82, 2.24) is 23.6 Å². The zero-order valence-corrected chi connectivity index (χ0v) is 16.6. The van der Waals surface area contributed by atoms with Crippen LogP contribution >= 0.6 is 0 Å². The zero-order valence-electron chi connectivity index (χ0n) is 16.6. The van der Waals surface area contributed by atoms with Gasteiger partial charge in [0.05, 0.1) is 6.54 Å². The van der Waals surface area contributed by atoms with Gasteiger partial charge in [-0.3, -0.25) is 18.5 Å². The minimum Gasteiger partial charge on any atom is -0.465 e. The number of azide groups is 1. The summed E-state index contributed by atoms with van der Waals surface area (Å²) in [7, 11) is 1.52. The predicted octanol–water partition coefficient (Wildman–Crippen LogP) is 0.0303. The highest BCUT2D eigenvalue weighted by Crippen LogP contribution is 2.21. The molecule has 158 valence electrons. The molecule has 1 aliphatic heterocycles. The normalized spacial score (nSPS) is 13.7. The molecule has 1 saturated heterocycles. The average Bonchev–Trinajstić information content (AvgIpc) is 3.13. The Balaban J connectivity index is 2.15. The van der Waals surface area contributed by atoms with Crippen LogP contribution in [-0.2, 0) is 20.1 Å². The Bertz CT molecular complexity index is 1200. The highest BCUT2D eigenvalue weighted by atomic mass is 16.4. The number of piperazine rings is 1. The summed E-state index contributed by atoms with van der Waals surface area (Å²) in [5, 5.41) is 12.6. The van der Waals surface area contributed by atoms with Gasteiger partial charge in [-0.2, -0.15) is 4.98 Å². The third-order valence-corrected chi connectivity index (χ3v) is 4.95. The van der Waals surface area contributed by atoms with Crippen molar-refractivity contribution in [3.8, 4) is 11.8 Å². The average molecular weight is 415 g/mol. The number of hydrogen-bond acceptors (Lipinski definition) is 6. The summed E-state index contributed by atoms with van der Waals surface area (Å²) in [5.41, 5.74) is 7.80. The zero-order chi connectivity index (χ0) is 21.8. The van der Waals surface area contributed by atoms with Crippen LogP contribution in [-0.4, -0.2) is 67.5 Å². The molecule has 2 aromatic rings. The summed E-state index contributed by atoms with van der Waals surface area (Å²) in [6.45, 7) is 3.17. The summed E-state index contributed by atoms with van der Waals surface area (Å²) in [6, 6.07) is 0. The second-order valence-corrected chi connectivity index (χ2v) is 6.61. The second-order valence-electron chi connectivity index (χ2n) is 6.61. The molecule has 30 heavy (non-hydrogen) atoms. The SMILES string of the molecule is CC#CCn1c(N2CCN(C(=O)O)CC2)nc2c1c(=O)n(CCN=[N+]=[N-])c(=O)n2C. The van der Waals surface area contributed by atoms with E-state index < -0.39 is 17.3 Å². The third kappa shape index (κ3) is 3.68. The molecule has 0 saturated carbocycles. The highest BCUT2D eigenvalue weighted by molar-refractivity contribution is 5.75. The van der Waals surface area contributed by atoms with Gasteiger partial charge < -0.3 is 14.9 Å². The van der Waals surface area contributed by atoms with Crippen LogP contribution in [0.2, 0.25) is 0 Å². The van der Waals surface area contributed by atoms with Crippen molar-refractivity contribution in [2.75, 3.05) is 37.6 Å². The molecule has 0 aromatic carbocycles. The van der Waals surface area contributed by atoms with Crippen molar-refractivity contribution in [1.29, 1.82) is 0 Å². The first-order chi connectivity index (χ1) is 14.4. The van der Waals surface area contributed by atoms with Crippen molar-refractivity contribution in [2.24, 2.45) is 12.2 Å². The molecule has 0 bridgehead atoms. The summed E-state index contributed by atoms with van der Waals surface area (Å²) in [4.78, 5) is 47.3. The first-order valence-corrected chi connectivity index (χ1v) is 9.24. The van der Waals surface area contributed by atoms with Gasteiger partial charge in [-0.1, -0.05) is 11.0 Å². The second kappa shape index (κ2) is 8.62. The Labute approximate surface area is 170 Å². The largest absolute Gasteiger partial charge is 0.465 e. The van der Waals surface area contributed by atoms with Gasteiger partial charge in [0.2, 0.25) is 5.95 Å². The van der Waals surface area contributed by atoms with Crippen LogP contribution < -0.4 is 16.1 Å². The summed E-state index contributed by atoms with van der Waals surface area (Å²) < 4.78 is 3.94. The van der Waals surface area contributed by atoms with Gasteiger partial charge in [-0.05, 0) is 12.5 Å². The summed E-state index contributed by atoms with van der Waals surface area (Å²) in [6.07, 6.45) is -0.981. The van der Waals surface area contributed by atoms with Crippen LogP contribution in [0.3, 0.4) is 0 Å². The molecule has 0 aliphatic carbocycles. The van der Waals surface area contributed by atoms with Crippen LogP contribution in [0.4, 0.5) is 10.7 Å². The minimum atomic E-state index is -0.981. The molecule has 1 aliphatic rings. The van der Waals surface area contributed by atoms with Crippen molar-refractivity contribution < 1.29 is 9.90 Å². The number of carboxylic acid groups (broad SMARTS) is 1. The molecule has 2 aromatic heterocycles. The summed E-state index contributed by atoms with van der Waals surface area (Å²) in [5.74, 6) is 6.17. The van der Waals surface area contributed by atoms with Gasteiger partial charge in [-0.15, -0.1) is 5.92 Å². The lowest BCUT2D eigenvalue weighted by molar-refractivity contribution is 0.142. The van der Waals surface area contributed by atoms with Crippen LogP contribution in [0, 0.1) is 11.8 Å².